The summed E-state index contributed by atoms with van der Waals surface area (Å²) < 4.78 is 15.1. The lowest BCUT2D eigenvalue weighted by Gasteiger charge is -2.28. The third-order valence-corrected chi connectivity index (χ3v) is 5.56. The molecule has 1 amide bonds. The van der Waals surface area contributed by atoms with Crippen LogP contribution in [0.25, 0.3) is 16.9 Å². The Morgan fingerprint density at radius 1 is 1.20 bits per heavy atom. The van der Waals surface area contributed by atoms with Crippen LogP contribution in [0.2, 0.25) is 0 Å². The van der Waals surface area contributed by atoms with Crippen molar-refractivity contribution in [3.8, 4) is 5.95 Å². The minimum atomic E-state index is -0.775. The van der Waals surface area contributed by atoms with Crippen molar-refractivity contribution in [3.63, 3.8) is 0 Å². The molecule has 1 aliphatic carbocycles. The summed E-state index contributed by atoms with van der Waals surface area (Å²) in [6.07, 6.45) is 6.12. The molecule has 1 saturated carbocycles. The Bertz CT molecular complexity index is 1090. The van der Waals surface area contributed by atoms with E-state index in [-0.39, 0.29) is 36.1 Å². The molecule has 1 fully saturated rings. The number of carbonyl (C=O) groups excluding carboxylic acids is 1. The van der Waals surface area contributed by atoms with Gasteiger partial charge in [0.15, 0.2) is 0 Å². The molecule has 0 bridgehead atoms. The van der Waals surface area contributed by atoms with Crippen molar-refractivity contribution < 1.29 is 19.1 Å². The van der Waals surface area contributed by atoms with Crippen LogP contribution >= 0.6 is 0 Å². The van der Waals surface area contributed by atoms with Gasteiger partial charge in [0.05, 0.1) is 16.8 Å². The highest BCUT2D eigenvalue weighted by Gasteiger charge is 2.24. The Balaban J connectivity index is 1.44. The summed E-state index contributed by atoms with van der Waals surface area (Å²) in [5, 5.41) is 17.1. The van der Waals surface area contributed by atoms with Gasteiger partial charge in [-0.05, 0) is 50.7 Å². The smallest absolute Gasteiger partial charge is 0.303 e. The van der Waals surface area contributed by atoms with Crippen LogP contribution in [-0.4, -0.2) is 42.8 Å². The molecular weight excluding hydrogens is 389 g/mol. The van der Waals surface area contributed by atoms with Crippen LogP contribution in [-0.2, 0) is 4.79 Å². The van der Waals surface area contributed by atoms with Gasteiger partial charge in [0.25, 0.3) is 11.9 Å². The number of halogens is 1. The van der Waals surface area contributed by atoms with Crippen LogP contribution in [0.1, 0.15) is 48.2 Å². The zero-order valence-electron chi connectivity index (χ0n) is 16.5. The first-order valence-electron chi connectivity index (χ1n) is 9.90. The second-order valence-corrected chi connectivity index (χ2v) is 7.72. The number of rotatable bonds is 5. The van der Waals surface area contributed by atoms with Crippen molar-refractivity contribution in [2.75, 3.05) is 0 Å². The standard InChI is InChI=1S/C21H22FN5O3/c1-12-17-7-4-15(22)9-18(17)27(26-12)21-23-10-14(11-24-21)20(30)25-16-5-2-13(3-6-16)8-19(28)29/h4,7,9-11,13,16H,2-3,5-6,8H2,1H3,(H,25,30)(H,28,29). The second kappa shape index (κ2) is 8.17. The molecule has 0 aliphatic heterocycles. The van der Waals surface area contributed by atoms with Gasteiger partial charge < -0.3 is 10.4 Å². The number of nitrogens with zero attached hydrogens (tertiary/aromatic N) is 4. The van der Waals surface area contributed by atoms with E-state index < -0.39 is 5.97 Å². The first kappa shape index (κ1) is 19.9. The molecule has 9 heteroatoms. The van der Waals surface area contributed by atoms with Crippen molar-refractivity contribution in [1.29, 1.82) is 0 Å². The van der Waals surface area contributed by atoms with Crippen molar-refractivity contribution in [2.45, 2.75) is 45.1 Å². The fraction of sp³-hybridized carbons (Fsp3) is 0.381. The van der Waals surface area contributed by atoms with E-state index in [1.807, 2.05) is 6.92 Å². The third kappa shape index (κ3) is 4.14. The van der Waals surface area contributed by atoms with E-state index in [0.29, 0.717) is 11.1 Å². The number of carbonyl (C=O) groups is 2. The highest BCUT2D eigenvalue weighted by atomic mass is 19.1. The van der Waals surface area contributed by atoms with Crippen molar-refractivity contribution >= 4 is 22.8 Å². The molecule has 0 saturated heterocycles. The normalized spacial score (nSPS) is 19.0. The summed E-state index contributed by atoms with van der Waals surface area (Å²) in [4.78, 5) is 31.8. The Morgan fingerprint density at radius 2 is 1.90 bits per heavy atom. The second-order valence-electron chi connectivity index (χ2n) is 7.72. The maximum absolute atomic E-state index is 13.7. The van der Waals surface area contributed by atoms with E-state index in [9.17, 15) is 14.0 Å². The topological polar surface area (TPSA) is 110 Å². The molecule has 2 heterocycles. The number of fused-ring (bicyclic) bond motifs is 1. The van der Waals surface area contributed by atoms with E-state index in [4.69, 9.17) is 5.11 Å². The van der Waals surface area contributed by atoms with Crippen LogP contribution in [0, 0.1) is 18.7 Å². The number of benzene rings is 1. The van der Waals surface area contributed by atoms with Gasteiger partial charge in [0, 0.05) is 36.3 Å². The average Bonchev–Trinajstić information content (AvgIpc) is 3.05. The van der Waals surface area contributed by atoms with Gasteiger partial charge in [-0.15, -0.1) is 0 Å². The Morgan fingerprint density at radius 3 is 2.57 bits per heavy atom. The van der Waals surface area contributed by atoms with E-state index in [2.05, 4.69) is 20.4 Å². The highest BCUT2D eigenvalue weighted by molar-refractivity contribution is 5.93. The highest BCUT2D eigenvalue weighted by Crippen LogP contribution is 2.27. The summed E-state index contributed by atoms with van der Waals surface area (Å²) in [6.45, 7) is 1.82. The number of hydrogen-bond acceptors (Lipinski definition) is 5. The first-order valence-corrected chi connectivity index (χ1v) is 9.90. The SMILES string of the molecule is Cc1nn(-c2ncc(C(=O)NC3CCC(CC(=O)O)CC3)cn2)c2cc(F)ccc12. The molecule has 2 N–H and O–H groups in total. The van der Waals surface area contributed by atoms with Crippen LogP contribution < -0.4 is 5.32 Å². The Kier molecular flexibility index (Phi) is 5.43. The van der Waals surface area contributed by atoms with E-state index in [0.717, 1.165) is 36.8 Å². The maximum Gasteiger partial charge on any atom is 0.303 e. The van der Waals surface area contributed by atoms with Crippen molar-refractivity contribution in [3.05, 3.63) is 47.7 Å². The summed E-state index contributed by atoms with van der Waals surface area (Å²) in [7, 11) is 0. The summed E-state index contributed by atoms with van der Waals surface area (Å²) >= 11 is 0. The number of aliphatic carboxylic acids is 1. The third-order valence-electron chi connectivity index (χ3n) is 5.56. The molecule has 3 aromatic rings. The van der Waals surface area contributed by atoms with Crippen molar-refractivity contribution in [2.24, 2.45) is 5.92 Å². The van der Waals surface area contributed by atoms with E-state index >= 15 is 0 Å². The fourth-order valence-corrected chi connectivity index (χ4v) is 3.97. The minimum Gasteiger partial charge on any atom is -0.481 e. The lowest BCUT2D eigenvalue weighted by molar-refractivity contribution is -0.138. The quantitative estimate of drug-likeness (QED) is 0.668. The lowest BCUT2D eigenvalue weighted by Crippen LogP contribution is -2.38. The van der Waals surface area contributed by atoms with E-state index in [1.165, 1.54) is 29.2 Å². The first-order chi connectivity index (χ1) is 14.4. The number of carboxylic acid groups (broad SMARTS) is 1. The Hall–Kier alpha value is -3.36. The summed E-state index contributed by atoms with van der Waals surface area (Å²) in [6, 6.07) is 4.43. The number of hydrogen-bond donors (Lipinski definition) is 2. The number of carboxylic acids is 1. The molecule has 1 aromatic carbocycles. The van der Waals surface area contributed by atoms with Gasteiger partial charge in [-0.25, -0.2) is 14.4 Å². The van der Waals surface area contributed by atoms with Gasteiger partial charge in [0.1, 0.15) is 5.82 Å². The Labute approximate surface area is 172 Å². The number of nitrogens with one attached hydrogen (secondary N) is 1. The lowest BCUT2D eigenvalue weighted by atomic mass is 9.84. The predicted octanol–water partition coefficient (Wildman–Crippen LogP) is 3.03. The molecule has 8 nitrogen and oxygen atoms in total. The largest absolute Gasteiger partial charge is 0.481 e. The number of amides is 1. The molecule has 0 spiro atoms. The molecule has 1 aliphatic rings. The van der Waals surface area contributed by atoms with E-state index in [1.54, 1.807) is 6.07 Å². The van der Waals surface area contributed by atoms with Crippen LogP contribution in [0.15, 0.2) is 30.6 Å². The molecule has 4 rings (SSSR count). The number of aromatic nitrogens is 4. The molecule has 30 heavy (non-hydrogen) atoms. The van der Waals surface area contributed by atoms with Crippen molar-refractivity contribution in [1.82, 2.24) is 25.1 Å². The van der Waals surface area contributed by atoms with Crippen LogP contribution in [0.5, 0.6) is 0 Å². The van der Waals surface area contributed by atoms with Gasteiger partial charge >= 0.3 is 5.97 Å². The average molecular weight is 411 g/mol. The maximum atomic E-state index is 13.7. The van der Waals surface area contributed by atoms with Crippen LogP contribution in [0.4, 0.5) is 4.39 Å². The molecule has 2 aromatic heterocycles. The van der Waals surface area contributed by atoms with Gasteiger partial charge in [0.2, 0.25) is 0 Å². The molecule has 156 valence electrons. The molecule has 0 unspecified atom stereocenters. The molecule has 0 radical (unpaired) electrons. The number of aryl methyl sites for hydroxylation is 1. The molecular formula is C21H22FN5O3. The van der Waals surface area contributed by atoms with Gasteiger partial charge in [-0.3, -0.25) is 9.59 Å². The molecule has 0 atom stereocenters. The zero-order valence-corrected chi connectivity index (χ0v) is 16.5. The van der Waals surface area contributed by atoms with Gasteiger partial charge in [-0.2, -0.15) is 9.78 Å². The minimum absolute atomic E-state index is 0.0166. The van der Waals surface area contributed by atoms with Gasteiger partial charge in [-0.1, -0.05) is 0 Å². The fourth-order valence-electron chi connectivity index (χ4n) is 3.97. The predicted molar refractivity (Wildman–Crippen MR) is 107 cm³/mol. The monoisotopic (exact) mass is 411 g/mol. The van der Waals surface area contributed by atoms with Crippen LogP contribution in [0.3, 0.4) is 0 Å². The summed E-state index contributed by atoms with van der Waals surface area (Å²) in [5.41, 5.74) is 1.61. The summed E-state index contributed by atoms with van der Waals surface area (Å²) in [5.74, 6) is -0.990. The zero-order chi connectivity index (χ0) is 21.3.